The van der Waals surface area contributed by atoms with Gasteiger partial charge in [0.15, 0.2) is 0 Å². The standard InChI is InChI=1S/C15H22N2OS.ClH/c18-15(16-6-5-14-2-1-7-19-14)10-11-8-12-3-4-13(9-11)17-12;/h1-2,7,11-13,17H,3-6,8-10H2,(H,16,18);1H. The summed E-state index contributed by atoms with van der Waals surface area (Å²) in [7, 11) is 0. The smallest absolute Gasteiger partial charge is 0.220 e. The van der Waals surface area contributed by atoms with Gasteiger partial charge in [0.05, 0.1) is 0 Å². The minimum absolute atomic E-state index is 0. The van der Waals surface area contributed by atoms with E-state index >= 15 is 0 Å². The van der Waals surface area contributed by atoms with Gasteiger partial charge in [0, 0.05) is 29.9 Å². The molecule has 0 spiro atoms. The summed E-state index contributed by atoms with van der Waals surface area (Å²) in [4.78, 5) is 13.3. The second-order valence-corrected chi connectivity index (χ2v) is 6.89. The van der Waals surface area contributed by atoms with Crippen LogP contribution in [0.5, 0.6) is 0 Å². The molecule has 0 aromatic carbocycles. The second-order valence-electron chi connectivity index (χ2n) is 5.86. The van der Waals surface area contributed by atoms with E-state index in [9.17, 15) is 4.79 Å². The van der Waals surface area contributed by atoms with Crippen LogP contribution in [0.25, 0.3) is 0 Å². The molecule has 2 aliphatic heterocycles. The third-order valence-corrected chi connectivity index (χ3v) is 5.25. The summed E-state index contributed by atoms with van der Waals surface area (Å²) in [6, 6.07) is 5.55. The van der Waals surface area contributed by atoms with Crippen LogP contribution in [0, 0.1) is 5.92 Å². The fourth-order valence-corrected chi connectivity index (χ4v) is 4.17. The molecular weight excluding hydrogens is 292 g/mol. The van der Waals surface area contributed by atoms with Crippen LogP contribution >= 0.6 is 23.7 Å². The number of amides is 1. The zero-order valence-electron chi connectivity index (χ0n) is 11.6. The van der Waals surface area contributed by atoms with Crippen LogP contribution in [0.3, 0.4) is 0 Å². The van der Waals surface area contributed by atoms with E-state index in [2.05, 4.69) is 28.1 Å². The summed E-state index contributed by atoms with van der Waals surface area (Å²) in [6.45, 7) is 0.775. The number of thiophene rings is 1. The van der Waals surface area contributed by atoms with Crippen molar-refractivity contribution in [1.82, 2.24) is 10.6 Å². The molecule has 2 atom stereocenters. The average molecular weight is 315 g/mol. The number of hydrogen-bond acceptors (Lipinski definition) is 3. The lowest BCUT2D eigenvalue weighted by Gasteiger charge is -2.28. The first-order valence-corrected chi connectivity index (χ1v) is 8.22. The van der Waals surface area contributed by atoms with Crippen LogP contribution in [0.1, 0.15) is 37.0 Å². The number of carbonyl (C=O) groups excluding carboxylic acids is 1. The van der Waals surface area contributed by atoms with E-state index in [0.717, 1.165) is 19.4 Å². The van der Waals surface area contributed by atoms with Crippen LogP contribution in [0.15, 0.2) is 17.5 Å². The maximum atomic E-state index is 11.9. The number of nitrogens with one attached hydrogen (secondary N) is 2. The van der Waals surface area contributed by atoms with Crippen LogP contribution in [0.2, 0.25) is 0 Å². The van der Waals surface area contributed by atoms with Gasteiger partial charge in [-0.25, -0.2) is 0 Å². The summed E-state index contributed by atoms with van der Waals surface area (Å²) < 4.78 is 0. The molecule has 0 saturated carbocycles. The topological polar surface area (TPSA) is 41.1 Å². The van der Waals surface area contributed by atoms with E-state index in [4.69, 9.17) is 0 Å². The normalized spacial score (nSPS) is 27.9. The average Bonchev–Trinajstić information content (AvgIpc) is 2.99. The van der Waals surface area contributed by atoms with Gasteiger partial charge in [0.25, 0.3) is 0 Å². The monoisotopic (exact) mass is 314 g/mol. The van der Waals surface area contributed by atoms with Crippen LogP contribution in [-0.4, -0.2) is 24.5 Å². The Morgan fingerprint density at radius 1 is 1.35 bits per heavy atom. The van der Waals surface area contributed by atoms with Gasteiger partial charge in [0.1, 0.15) is 0 Å². The van der Waals surface area contributed by atoms with Gasteiger partial charge in [-0.3, -0.25) is 4.79 Å². The van der Waals surface area contributed by atoms with Gasteiger partial charge in [-0.1, -0.05) is 6.07 Å². The van der Waals surface area contributed by atoms with E-state index in [1.807, 2.05) is 0 Å². The van der Waals surface area contributed by atoms with Crippen molar-refractivity contribution in [3.63, 3.8) is 0 Å². The fraction of sp³-hybridized carbons (Fsp3) is 0.667. The van der Waals surface area contributed by atoms with Crippen molar-refractivity contribution in [3.05, 3.63) is 22.4 Å². The Morgan fingerprint density at radius 2 is 2.10 bits per heavy atom. The Labute approximate surface area is 130 Å². The van der Waals surface area contributed by atoms with Crippen molar-refractivity contribution >= 4 is 29.7 Å². The lowest BCUT2D eigenvalue weighted by Crippen LogP contribution is -2.39. The summed E-state index contributed by atoms with van der Waals surface area (Å²) in [6.07, 6.45) is 6.67. The van der Waals surface area contributed by atoms with Crippen molar-refractivity contribution in [2.45, 2.75) is 50.6 Å². The van der Waals surface area contributed by atoms with Gasteiger partial charge >= 0.3 is 0 Å². The molecule has 3 heterocycles. The van der Waals surface area contributed by atoms with Gasteiger partial charge in [-0.2, -0.15) is 0 Å². The van der Waals surface area contributed by atoms with Crippen molar-refractivity contribution < 1.29 is 4.79 Å². The highest BCUT2D eigenvalue weighted by Gasteiger charge is 2.33. The number of carbonyl (C=O) groups is 1. The van der Waals surface area contributed by atoms with E-state index in [1.54, 1.807) is 11.3 Å². The first-order chi connectivity index (χ1) is 9.29. The Hall–Kier alpha value is -0.580. The molecule has 0 aliphatic carbocycles. The Balaban J connectivity index is 0.00000147. The molecule has 2 aliphatic rings. The molecule has 112 valence electrons. The molecule has 2 unspecified atom stereocenters. The molecule has 5 heteroatoms. The van der Waals surface area contributed by atoms with Gasteiger partial charge in [-0.15, -0.1) is 23.7 Å². The van der Waals surface area contributed by atoms with Gasteiger partial charge in [0.2, 0.25) is 5.91 Å². The predicted molar refractivity (Wildman–Crippen MR) is 85.6 cm³/mol. The highest BCUT2D eigenvalue weighted by atomic mass is 35.5. The Kier molecular flexibility index (Phi) is 5.87. The molecular formula is C15H23ClN2OS. The lowest BCUT2D eigenvalue weighted by atomic mass is 9.89. The van der Waals surface area contributed by atoms with Crippen LogP contribution in [0.4, 0.5) is 0 Å². The number of halogens is 1. The molecule has 1 aromatic rings. The number of piperidine rings is 1. The minimum Gasteiger partial charge on any atom is -0.356 e. The summed E-state index contributed by atoms with van der Waals surface area (Å²) >= 11 is 1.76. The van der Waals surface area contributed by atoms with Gasteiger partial charge in [-0.05, 0) is 49.5 Å². The third-order valence-electron chi connectivity index (χ3n) is 4.32. The molecule has 3 rings (SSSR count). The first-order valence-electron chi connectivity index (χ1n) is 7.35. The molecule has 2 fully saturated rings. The predicted octanol–water partition coefficient (Wildman–Crippen LogP) is 2.75. The second kappa shape index (κ2) is 7.43. The van der Waals surface area contributed by atoms with Crippen molar-refractivity contribution in [2.75, 3.05) is 6.54 Å². The van der Waals surface area contributed by atoms with Crippen molar-refractivity contribution in [1.29, 1.82) is 0 Å². The molecule has 2 bridgehead atoms. The summed E-state index contributed by atoms with van der Waals surface area (Å²) in [5, 5.41) is 8.78. The minimum atomic E-state index is 0. The van der Waals surface area contributed by atoms with Crippen molar-refractivity contribution in [3.8, 4) is 0 Å². The number of hydrogen-bond donors (Lipinski definition) is 2. The van der Waals surface area contributed by atoms with Crippen molar-refractivity contribution in [2.24, 2.45) is 5.92 Å². The zero-order chi connectivity index (χ0) is 13.1. The number of fused-ring (bicyclic) bond motifs is 2. The molecule has 0 radical (unpaired) electrons. The summed E-state index contributed by atoms with van der Waals surface area (Å²) in [5.41, 5.74) is 0. The molecule has 2 saturated heterocycles. The third kappa shape index (κ3) is 4.21. The highest BCUT2D eigenvalue weighted by Crippen LogP contribution is 2.32. The van der Waals surface area contributed by atoms with Gasteiger partial charge < -0.3 is 10.6 Å². The SMILES string of the molecule is Cl.O=C(CC1CC2CCC(C1)N2)NCCc1cccs1. The van der Waals surface area contributed by atoms with Crippen LogP contribution in [-0.2, 0) is 11.2 Å². The van der Waals surface area contributed by atoms with E-state index < -0.39 is 0 Å². The molecule has 2 N–H and O–H groups in total. The van der Waals surface area contributed by atoms with Crippen LogP contribution < -0.4 is 10.6 Å². The highest BCUT2D eigenvalue weighted by molar-refractivity contribution is 7.09. The Morgan fingerprint density at radius 3 is 2.75 bits per heavy atom. The Bertz CT molecular complexity index is 412. The fourth-order valence-electron chi connectivity index (χ4n) is 3.46. The maximum absolute atomic E-state index is 11.9. The van der Waals surface area contributed by atoms with E-state index in [-0.39, 0.29) is 18.3 Å². The maximum Gasteiger partial charge on any atom is 0.220 e. The molecule has 1 aromatic heterocycles. The molecule has 3 nitrogen and oxygen atoms in total. The largest absolute Gasteiger partial charge is 0.356 e. The zero-order valence-corrected chi connectivity index (χ0v) is 13.3. The first kappa shape index (κ1) is 15.8. The quantitative estimate of drug-likeness (QED) is 0.877. The number of rotatable bonds is 5. The summed E-state index contributed by atoms with van der Waals surface area (Å²) in [5.74, 6) is 0.836. The lowest BCUT2D eigenvalue weighted by molar-refractivity contribution is -0.122. The molecule has 1 amide bonds. The van der Waals surface area contributed by atoms with E-state index in [0.29, 0.717) is 18.0 Å². The molecule has 20 heavy (non-hydrogen) atoms. The van der Waals surface area contributed by atoms with E-state index in [1.165, 1.54) is 30.6 Å².